The van der Waals surface area contributed by atoms with Crippen LogP contribution in [0.1, 0.15) is 18.2 Å². The molecular weight excluding hydrogens is 221 g/mol. The molecule has 0 N–H and O–H groups in total. The molecule has 3 nitrogen and oxygen atoms in total. The Balaban J connectivity index is 2.82. The second kappa shape index (κ2) is 4.13. The van der Waals surface area contributed by atoms with E-state index in [4.69, 9.17) is 4.74 Å². The summed E-state index contributed by atoms with van der Waals surface area (Å²) in [6, 6.07) is 4.60. The maximum Gasteiger partial charge on any atom is 0.308 e. The molecule has 2 aromatic rings. The van der Waals surface area contributed by atoms with Crippen LogP contribution >= 0.6 is 0 Å². The minimum atomic E-state index is -0.427. The molecule has 0 unspecified atom stereocenters. The SMILES string of the molecule is CC(=O)Oc1c(C)c(C)nc2c(F)cccc12. The fourth-order valence-corrected chi connectivity index (χ4v) is 1.71. The van der Waals surface area contributed by atoms with Crippen molar-refractivity contribution >= 4 is 16.9 Å². The first kappa shape index (κ1) is 11.5. The van der Waals surface area contributed by atoms with Crippen LogP contribution in [-0.2, 0) is 4.79 Å². The first-order valence-corrected chi connectivity index (χ1v) is 5.24. The number of ether oxygens (including phenoxy) is 1. The number of nitrogens with zero attached hydrogens (tertiary/aromatic N) is 1. The van der Waals surface area contributed by atoms with Gasteiger partial charge in [-0.2, -0.15) is 0 Å². The predicted octanol–water partition coefficient (Wildman–Crippen LogP) is 2.92. The molecule has 0 aliphatic heterocycles. The van der Waals surface area contributed by atoms with E-state index < -0.39 is 11.8 Å². The molecule has 1 aromatic carbocycles. The molecule has 0 saturated heterocycles. The van der Waals surface area contributed by atoms with E-state index in [2.05, 4.69) is 4.98 Å². The number of carbonyl (C=O) groups excluding carboxylic acids is 1. The molecule has 2 rings (SSSR count). The first-order chi connectivity index (χ1) is 8.00. The Morgan fingerprint density at radius 3 is 2.71 bits per heavy atom. The minimum Gasteiger partial charge on any atom is -0.426 e. The van der Waals surface area contributed by atoms with Crippen LogP contribution in [0.2, 0.25) is 0 Å². The molecule has 0 aliphatic rings. The van der Waals surface area contributed by atoms with E-state index in [1.807, 2.05) is 0 Å². The van der Waals surface area contributed by atoms with Crippen LogP contribution in [0.3, 0.4) is 0 Å². The molecule has 0 radical (unpaired) electrons. The van der Waals surface area contributed by atoms with E-state index in [0.29, 0.717) is 16.8 Å². The van der Waals surface area contributed by atoms with E-state index in [0.717, 1.165) is 5.56 Å². The van der Waals surface area contributed by atoms with Crippen LogP contribution in [0.15, 0.2) is 18.2 Å². The second-order valence-electron chi connectivity index (χ2n) is 3.88. The van der Waals surface area contributed by atoms with Gasteiger partial charge < -0.3 is 4.74 Å². The molecule has 4 heteroatoms. The van der Waals surface area contributed by atoms with Gasteiger partial charge in [0.05, 0.1) is 0 Å². The number of aryl methyl sites for hydroxylation is 1. The third kappa shape index (κ3) is 1.98. The molecule has 1 aromatic heterocycles. The highest BCUT2D eigenvalue weighted by Crippen LogP contribution is 2.31. The smallest absolute Gasteiger partial charge is 0.308 e. The van der Waals surface area contributed by atoms with Crippen molar-refractivity contribution in [3.63, 3.8) is 0 Å². The maximum atomic E-state index is 13.6. The van der Waals surface area contributed by atoms with Gasteiger partial charge in [-0.1, -0.05) is 6.07 Å². The third-order valence-electron chi connectivity index (χ3n) is 2.64. The molecule has 0 spiro atoms. The summed E-state index contributed by atoms with van der Waals surface area (Å²) < 4.78 is 18.8. The lowest BCUT2D eigenvalue weighted by atomic mass is 10.1. The van der Waals surface area contributed by atoms with Crippen molar-refractivity contribution in [2.45, 2.75) is 20.8 Å². The molecule has 0 fully saturated rings. The van der Waals surface area contributed by atoms with Gasteiger partial charge in [-0.05, 0) is 26.0 Å². The largest absolute Gasteiger partial charge is 0.426 e. The molecule has 1 heterocycles. The lowest BCUT2D eigenvalue weighted by Gasteiger charge is -2.11. The van der Waals surface area contributed by atoms with Crippen molar-refractivity contribution in [2.24, 2.45) is 0 Å². The zero-order valence-electron chi connectivity index (χ0n) is 9.87. The Bertz CT molecular complexity index is 608. The van der Waals surface area contributed by atoms with Gasteiger partial charge in [0.2, 0.25) is 0 Å². The summed E-state index contributed by atoms with van der Waals surface area (Å²) in [7, 11) is 0. The number of hydrogen-bond donors (Lipinski definition) is 0. The van der Waals surface area contributed by atoms with Crippen molar-refractivity contribution in [3.8, 4) is 5.75 Å². The summed E-state index contributed by atoms with van der Waals surface area (Å²) in [5.74, 6) is -0.456. The van der Waals surface area contributed by atoms with Crippen molar-refractivity contribution in [2.75, 3.05) is 0 Å². The van der Waals surface area contributed by atoms with Crippen molar-refractivity contribution in [1.82, 2.24) is 4.98 Å². The second-order valence-corrected chi connectivity index (χ2v) is 3.88. The van der Waals surface area contributed by atoms with Crippen LogP contribution < -0.4 is 4.74 Å². The van der Waals surface area contributed by atoms with Crippen LogP contribution in [-0.4, -0.2) is 11.0 Å². The predicted molar refractivity (Wildman–Crippen MR) is 62.5 cm³/mol. The molecule has 0 bridgehead atoms. The molecular formula is C13H12FNO2. The van der Waals surface area contributed by atoms with Crippen LogP contribution in [0.5, 0.6) is 5.75 Å². The van der Waals surface area contributed by atoms with Gasteiger partial charge in [-0.25, -0.2) is 9.37 Å². The average Bonchev–Trinajstić information content (AvgIpc) is 2.26. The highest BCUT2D eigenvalue weighted by molar-refractivity contribution is 5.89. The van der Waals surface area contributed by atoms with Crippen molar-refractivity contribution in [3.05, 3.63) is 35.3 Å². The molecule has 88 valence electrons. The fourth-order valence-electron chi connectivity index (χ4n) is 1.71. The van der Waals surface area contributed by atoms with Gasteiger partial charge in [0.25, 0.3) is 0 Å². The number of aromatic nitrogens is 1. The number of esters is 1. The highest BCUT2D eigenvalue weighted by Gasteiger charge is 2.14. The zero-order valence-corrected chi connectivity index (χ0v) is 9.87. The topological polar surface area (TPSA) is 39.2 Å². The summed E-state index contributed by atoms with van der Waals surface area (Å²) in [4.78, 5) is 15.2. The van der Waals surface area contributed by atoms with E-state index in [9.17, 15) is 9.18 Å². The van der Waals surface area contributed by atoms with Gasteiger partial charge in [-0.3, -0.25) is 4.79 Å². The summed E-state index contributed by atoms with van der Waals surface area (Å²) in [6.07, 6.45) is 0. The highest BCUT2D eigenvalue weighted by atomic mass is 19.1. The standard InChI is InChI=1S/C13H12FNO2/c1-7-8(2)15-12-10(5-4-6-11(12)14)13(7)17-9(3)16/h4-6H,1-3H3. The quantitative estimate of drug-likeness (QED) is 0.711. The number of para-hydroxylation sites is 1. The number of halogens is 1. The minimum absolute atomic E-state index is 0.229. The van der Waals surface area contributed by atoms with E-state index in [1.165, 1.54) is 13.0 Å². The summed E-state index contributed by atoms with van der Waals surface area (Å²) in [5, 5.41) is 0.517. The molecule has 0 atom stereocenters. The van der Waals surface area contributed by atoms with Gasteiger partial charge >= 0.3 is 5.97 Å². The van der Waals surface area contributed by atoms with Gasteiger partial charge in [0.1, 0.15) is 17.1 Å². The average molecular weight is 233 g/mol. The molecule has 17 heavy (non-hydrogen) atoms. The Morgan fingerprint density at radius 1 is 1.35 bits per heavy atom. The van der Waals surface area contributed by atoms with Crippen molar-refractivity contribution in [1.29, 1.82) is 0 Å². The third-order valence-corrected chi connectivity index (χ3v) is 2.64. The Hall–Kier alpha value is -1.97. The summed E-state index contributed by atoms with van der Waals surface area (Å²) in [6.45, 7) is 4.87. The molecule has 0 saturated carbocycles. The van der Waals surface area contributed by atoms with E-state index >= 15 is 0 Å². The van der Waals surface area contributed by atoms with E-state index in [-0.39, 0.29) is 5.52 Å². The van der Waals surface area contributed by atoms with Gasteiger partial charge in [0.15, 0.2) is 0 Å². The zero-order chi connectivity index (χ0) is 12.6. The van der Waals surface area contributed by atoms with Crippen molar-refractivity contribution < 1.29 is 13.9 Å². The Morgan fingerprint density at radius 2 is 2.06 bits per heavy atom. The number of rotatable bonds is 1. The van der Waals surface area contributed by atoms with Crippen LogP contribution in [0.4, 0.5) is 4.39 Å². The Labute approximate surface area is 98.2 Å². The number of carbonyl (C=O) groups is 1. The molecule has 0 aliphatic carbocycles. The Kier molecular flexibility index (Phi) is 2.79. The van der Waals surface area contributed by atoms with Crippen LogP contribution in [0, 0.1) is 19.7 Å². The summed E-state index contributed by atoms with van der Waals surface area (Å²) in [5.41, 5.74) is 1.63. The number of benzene rings is 1. The molecule has 0 amide bonds. The van der Waals surface area contributed by atoms with Gasteiger partial charge in [-0.15, -0.1) is 0 Å². The van der Waals surface area contributed by atoms with Crippen LogP contribution in [0.25, 0.3) is 10.9 Å². The monoisotopic (exact) mass is 233 g/mol. The normalized spacial score (nSPS) is 10.6. The van der Waals surface area contributed by atoms with Gasteiger partial charge in [0, 0.05) is 23.6 Å². The first-order valence-electron chi connectivity index (χ1n) is 5.24. The lowest BCUT2D eigenvalue weighted by molar-refractivity contribution is -0.131. The fraction of sp³-hybridized carbons (Fsp3) is 0.231. The number of fused-ring (bicyclic) bond motifs is 1. The van der Waals surface area contributed by atoms with E-state index in [1.54, 1.807) is 26.0 Å². The summed E-state index contributed by atoms with van der Waals surface area (Å²) >= 11 is 0. The lowest BCUT2D eigenvalue weighted by Crippen LogP contribution is -2.05. The number of hydrogen-bond acceptors (Lipinski definition) is 3. The number of pyridine rings is 1. The maximum absolute atomic E-state index is 13.6.